The van der Waals surface area contributed by atoms with Gasteiger partial charge in [0.05, 0.1) is 11.2 Å². The first-order valence-electron chi connectivity index (χ1n) is 9.19. The van der Waals surface area contributed by atoms with E-state index in [4.69, 9.17) is 9.72 Å². The molecule has 2 aliphatic rings. The molecule has 2 fully saturated rings. The van der Waals surface area contributed by atoms with Crippen LogP contribution in [0.1, 0.15) is 18.5 Å². The third-order valence-electron chi connectivity index (χ3n) is 5.26. The Morgan fingerprint density at radius 2 is 1.96 bits per heavy atom. The van der Waals surface area contributed by atoms with Crippen molar-refractivity contribution in [1.29, 1.82) is 0 Å². The summed E-state index contributed by atoms with van der Waals surface area (Å²) in [6.07, 6.45) is 3.33. The molecular formula is C19H26N4OS. The van der Waals surface area contributed by atoms with Gasteiger partial charge in [0, 0.05) is 56.0 Å². The van der Waals surface area contributed by atoms with E-state index in [-0.39, 0.29) is 0 Å². The van der Waals surface area contributed by atoms with E-state index in [1.54, 1.807) is 11.3 Å². The van der Waals surface area contributed by atoms with Crippen LogP contribution in [-0.2, 0) is 11.2 Å². The van der Waals surface area contributed by atoms with Gasteiger partial charge < -0.3 is 14.5 Å². The van der Waals surface area contributed by atoms with Crippen molar-refractivity contribution in [2.75, 3.05) is 51.3 Å². The molecule has 2 saturated heterocycles. The molecule has 5 nitrogen and oxygen atoms in total. The van der Waals surface area contributed by atoms with E-state index >= 15 is 0 Å². The molecule has 0 spiro atoms. The second kappa shape index (κ2) is 7.81. The number of anilines is 1. The Hall–Kier alpha value is -1.50. The van der Waals surface area contributed by atoms with Gasteiger partial charge in [0.15, 0.2) is 0 Å². The number of pyridine rings is 1. The van der Waals surface area contributed by atoms with Gasteiger partial charge in [0.25, 0.3) is 0 Å². The highest BCUT2D eigenvalue weighted by atomic mass is 32.1. The van der Waals surface area contributed by atoms with Crippen LogP contribution in [0.25, 0.3) is 11.3 Å². The van der Waals surface area contributed by atoms with Crippen LogP contribution in [0.3, 0.4) is 0 Å². The number of hydrogen-bond donors (Lipinski definition) is 0. The van der Waals surface area contributed by atoms with E-state index in [1.807, 2.05) is 5.51 Å². The predicted octanol–water partition coefficient (Wildman–Crippen LogP) is 2.93. The fourth-order valence-corrected chi connectivity index (χ4v) is 4.18. The lowest BCUT2D eigenvalue weighted by Gasteiger charge is -2.33. The van der Waals surface area contributed by atoms with Crippen molar-refractivity contribution in [1.82, 2.24) is 14.9 Å². The van der Waals surface area contributed by atoms with Crippen LogP contribution in [-0.4, -0.2) is 61.3 Å². The van der Waals surface area contributed by atoms with Gasteiger partial charge in [-0.1, -0.05) is 0 Å². The summed E-state index contributed by atoms with van der Waals surface area (Å²) < 4.78 is 5.51. The summed E-state index contributed by atoms with van der Waals surface area (Å²) in [5.41, 5.74) is 5.37. The first kappa shape index (κ1) is 16.9. The second-order valence-corrected chi connectivity index (χ2v) is 7.85. The summed E-state index contributed by atoms with van der Waals surface area (Å²) in [5.74, 6) is 1.80. The molecule has 0 amide bonds. The van der Waals surface area contributed by atoms with Gasteiger partial charge in [-0.25, -0.2) is 9.97 Å². The summed E-state index contributed by atoms with van der Waals surface area (Å²) in [6.45, 7) is 6.06. The maximum Gasteiger partial charge on any atom is 0.129 e. The van der Waals surface area contributed by atoms with Crippen molar-refractivity contribution < 1.29 is 4.74 Å². The second-order valence-electron chi connectivity index (χ2n) is 7.13. The average molecular weight is 359 g/mol. The molecule has 0 bridgehead atoms. The number of piperazine rings is 1. The molecule has 25 heavy (non-hydrogen) atoms. The highest BCUT2D eigenvalue weighted by Crippen LogP contribution is 2.27. The zero-order chi connectivity index (χ0) is 17.1. The van der Waals surface area contributed by atoms with Crippen LogP contribution in [0.5, 0.6) is 0 Å². The summed E-state index contributed by atoms with van der Waals surface area (Å²) in [6, 6.07) is 4.46. The van der Waals surface area contributed by atoms with Gasteiger partial charge in [0.1, 0.15) is 5.82 Å². The minimum Gasteiger partial charge on any atom is -0.381 e. The third kappa shape index (κ3) is 4.19. The number of thiazole rings is 1. The molecule has 4 heterocycles. The Morgan fingerprint density at radius 3 is 2.68 bits per heavy atom. The topological polar surface area (TPSA) is 41.5 Å². The van der Waals surface area contributed by atoms with Crippen molar-refractivity contribution in [3.8, 4) is 11.3 Å². The summed E-state index contributed by atoms with van der Waals surface area (Å²) in [4.78, 5) is 14.3. The minimum absolute atomic E-state index is 0.687. The molecular weight excluding hydrogens is 332 g/mol. The molecule has 0 atom stereocenters. The molecule has 0 saturated carbocycles. The zero-order valence-electron chi connectivity index (χ0n) is 14.9. The largest absolute Gasteiger partial charge is 0.381 e. The summed E-state index contributed by atoms with van der Waals surface area (Å²) in [5, 5.41) is 2.13. The van der Waals surface area contributed by atoms with Crippen molar-refractivity contribution in [3.63, 3.8) is 0 Å². The summed E-state index contributed by atoms with van der Waals surface area (Å²) in [7, 11) is 2.19. The highest BCUT2D eigenvalue weighted by Gasteiger charge is 2.20. The molecule has 0 aliphatic carbocycles. The zero-order valence-corrected chi connectivity index (χ0v) is 15.7. The van der Waals surface area contributed by atoms with Crippen LogP contribution >= 0.6 is 11.3 Å². The van der Waals surface area contributed by atoms with Gasteiger partial charge in [0.2, 0.25) is 0 Å². The van der Waals surface area contributed by atoms with E-state index < -0.39 is 0 Å². The average Bonchev–Trinajstić information content (AvgIpc) is 3.18. The first-order chi connectivity index (χ1) is 12.3. The van der Waals surface area contributed by atoms with Crippen LogP contribution < -0.4 is 4.90 Å². The molecule has 4 rings (SSSR count). The van der Waals surface area contributed by atoms with E-state index in [1.165, 1.54) is 11.3 Å². The molecule has 0 N–H and O–H groups in total. The van der Waals surface area contributed by atoms with Crippen molar-refractivity contribution in [3.05, 3.63) is 28.7 Å². The number of nitrogens with zero attached hydrogens (tertiary/aromatic N) is 4. The smallest absolute Gasteiger partial charge is 0.129 e. The van der Waals surface area contributed by atoms with Crippen molar-refractivity contribution in [2.45, 2.75) is 19.3 Å². The van der Waals surface area contributed by atoms with E-state index in [0.717, 1.165) is 70.2 Å². The van der Waals surface area contributed by atoms with Crippen molar-refractivity contribution >= 4 is 17.2 Å². The Labute approximate surface area is 153 Å². The number of rotatable bonds is 4. The van der Waals surface area contributed by atoms with Crippen LogP contribution in [0.15, 0.2) is 23.0 Å². The minimum atomic E-state index is 0.687. The molecule has 2 aromatic rings. The number of aromatic nitrogens is 2. The van der Waals surface area contributed by atoms with Gasteiger partial charge in [-0.15, -0.1) is 11.3 Å². The molecule has 0 aromatic carbocycles. The van der Waals surface area contributed by atoms with Gasteiger partial charge in [-0.2, -0.15) is 0 Å². The maximum absolute atomic E-state index is 5.51. The predicted molar refractivity (Wildman–Crippen MR) is 102 cm³/mol. The van der Waals surface area contributed by atoms with Crippen LogP contribution in [0.2, 0.25) is 0 Å². The number of hydrogen-bond acceptors (Lipinski definition) is 6. The third-order valence-corrected chi connectivity index (χ3v) is 5.85. The Balaban J connectivity index is 1.60. The van der Waals surface area contributed by atoms with E-state index in [9.17, 15) is 0 Å². The van der Waals surface area contributed by atoms with Crippen LogP contribution in [0, 0.1) is 5.92 Å². The Bertz CT molecular complexity index is 677. The van der Waals surface area contributed by atoms with Gasteiger partial charge in [-0.05, 0) is 44.4 Å². The normalized spacial score (nSPS) is 20.1. The fraction of sp³-hybridized carbons (Fsp3) is 0.579. The molecule has 2 aromatic heterocycles. The van der Waals surface area contributed by atoms with E-state index in [2.05, 4.69) is 39.3 Å². The molecule has 134 valence electrons. The molecule has 6 heteroatoms. The number of likely N-dealkylation sites (N-methyl/N-ethyl adjacent to an activating group) is 1. The SMILES string of the molecule is CN1CCN(c2cc(-c3cscn3)cc(CC3CCOCC3)n2)CC1. The maximum atomic E-state index is 5.51. The molecule has 0 radical (unpaired) electrons. The Morgan fingerprint density at radius 1 is 1.16 bits per heavy atom. The first-order valence-corrected chi connectivity index (χ1v) is 10.1. The molecule has 0 unspecified atom stereocenters. The lowest BCUT2D eigenvalue weighted by Crippen LogP contribution is -2.44. The fourth-order valence-electron chi connectivity index (χ4n) is 3.62. The Kier molecular flexibility index (Phi) is 5.29. The van der Waals surface area contributed by atoms with Crippen LogP contribution in [0.4, 0.5) is 5.82 Å². The van der Waals surface area contributed by atoms with Gasteiger partial charge >= 0.3 is 0 Å². The highest BCUT2D eigenvalue weighted by molar-refractivity contribution is 7.07. The lowest BCUT2D eigenvalue weighted by molar-refractivity contribution is 0.0663. The number of ether oxygens (including phenoxy) is 1. The lowest BCUT2D eigenvalue weighted by atomic mass is 9.94. The standard InChI is InChI=1S/C19H26N4OS/c1-22-4-6-23(7-5-22)19-12-16(18-13-25-14-20-18)11-17(21-19)10-15-2-8-24-9-3-15/h11-15H,2-10H2,1H3. The monoisotopic (exact) mass is 358 g/mol. The molecule has 2 aliphatic heterocycles. The van der Waals surface area contributed by atoms with Gasteiger partial charge in [-0.3, -0.25) is 0 Å². The van der Waals surface area contributed by atoms with Crippen molar-refractivity contribution in [2.24, 2.45) is 5.92 Å². The van der Waals surface area contributed by atoms with E-state index in [0.29, 0.717) is 5.92 Å². The quantitative estimate of drug-likeness (QED) is 0.841. The summed E-state index contributed by atoms with van der Waals surface area (Å²) >= 11 is 1.65.